The SMILES string of the molecule is CCc1ccc(C(NC)c2ccc3c(c2)C(=O)NCC3)o1. The van der Waals surface area contributed by atoms with E-state index in [0.29, 0.717) is 0 Å². The minimum absolute atomic E-state index is 0.0154. The third kappa shape index (κ3) is 2.59. The van der Waals surface area contributed by atoms with Crippen LogP contribution in [0.3, 0.4) is 0 Å². The molecule has 0 radical (unpaired) electrons. The Labute approximate surface area is 124 Å². The number of amides is 1. The van der Waals surface area contributed by atoms with Crippen molar-refractivity contribution in [1.82, 2.24) is 10.6 Å². The molecule has 0 saturated carbocycles. The summed E-state index contributed by atoms with van der Waals surface area (Å²) < 4.78 is 5.85. The molecule has 0 saturated heterocycles. The van der Waals surface area contributed by atoms with Gasteiger partial charge in [0.2, 0.25) is 0 Å². The van der Waals surface area contributed by atoms with Crippen molar-refractivity contribution >= 4 is 5.91 Å². The topological polar surface area (TPSA) is 54.3 Å². The van der Waals surface area contributed by atoms with Gasteiger partial charge in [0.1, 0.15) is 11.5 Å². The number of rotatable bonds is 4. The summed E-state index contributed by atoms with van der Waals surface area (Å²) in [6.07, 6.45) is 1.77. The van der Waals surface area contributed by atoms with Gasteiger partial charge in [-0.05, 0) is 42.8 Å². The van der Waals surface area contributed by atoms with E-state index in [4.69, 9.17) is 4.42 Å². The zero-order chi connectivity index (χ0) is 14.8. The van der Waals surface area contributed by atoms with E-state index in [1.54, 1.807) is 0 Å². The number of carbonyl (C=O) groups excluding carboxylic acids is 1. The highest BCUT2D eigenvalue weighted by molar-refractivity contribution is 5.96. The van der Waals surface area contributed by atoms with Gasteiger partial charge in [-0.2, -0.15) is 0 Å². The molecular formula is C17H20N2O2. The van der Waals surface area contributed by atoms with Crippen LogP contribution in [0.15, 0.2) is 34.7 Å². The molecule has 1 aromatic heterocycles. The molecule has 110 valence electrons. The summed E-state index contributed by atoms with van der Waals surface area (Å²) in [5.74, 6) is 1.87. The summed E-state index contributed by atoms with van der Waals surface area (Å²) in [5, 5.41) is 6.16. The summed E-state index contributed by atoms with van der Waals surface area (Å²) in [5.41, 5.74) is 2.94. The molecule has 0 bridgehead atoms. The van der Waals surface area contributed by atoms with Gasteiger partial charge < -0.3 is 15.1 Å². The molecule has 0 aliphatic carbocycles. The number of aryl methyl sites for hydroxylation is 1. The Bertz CT molecular complexity index is 661. The van der Waals surface area contributed by atoms with Gasteiger partial charge in [0.05, 0.1) is 6.04 Å². The summed E-state index contributed by atoms with van der Waals surface area (Å²) in [4.78, 5) is 12.0. The van der Waals surface area contributed by atoms with Crippen LogP contribution >= 0.6 is 0 Å². The molecule has 21 heavy (non-hydrogen) atoms. The van der Waals surface area contributed by atoms with E-state index in [0.717, 1.165) is 47.6 Å². The van der Waals surface area contributed by atoms with E-state index in [1.165, 1.54) is 0 Å². The maximum Gasteiger partial charge on any atom is 0.251 e. The Balaban J connectivity index is 1.97. The Morgan fingerprint density at radius 3 is 2.90 bits per heavy atom. The molecule has 1 amide bonds. The van der Waals surface area contributed by atoms with Crippen molar-refractivity contribution in [3.8, 4) is 0 Å². The number of hydrogen-bond donors (Lipinski definition) is 2. The largest absolute Gasteiger partial charge is 0.464 e. The van der Waals surface area contributed by atoms with Gasteiger partial charge >= 0.3 is 0 Å². The molecule has 2 aromatic rings. The zero-order valence-corrected chi connectivity index (χ0v) is 12.4. The molecule has 1 atom stereocenters. The van der Waals surface area contributed by atoms with Crippen LogP contribution in [-0.2, 0) is 12.8 Å². The van der Waals surface area contributed by atoms with Crippen molar-refractivity contribution in [3.05, 3.63) is 58.5 Å². The molecule has 2 heterocycles. The van der Waals surface area contributed by atoms with E-state index in [2.05, 4.69) is 29.7 Å². The lowest BCUT2D eigenvalue weighted by atomic mass is 9.94. The average molecular weight is 284 g/mol. The van der Waals surface area contributed by atoms with Crippen molar-refractivity contribution < 1.29 is 9.21 Å². The molecule has 1 aliphatic heterocycles. The minimum Gasteiger partial charge on any atom is -0.464 e. The molecular weight excluding hydrogens is 264 g/mol. The van der Waals surface area contributed by atoms with Crippen LogP contribution in [0.2, 0.25) is 0 Å². The van der Waals surface area contributed by atoms with Crippen LogP contribution < -0.4 is 10.6 Å². The summed E-state index contributed by atoms with van der Waals surface area (Å²) >= 11 is 0. The maximum atomic E-state index is 12.0. The molecule has 1 aliphatic rings. The Hall–Kier alpha value is -2.07. The predicted octanol–water partition coefficient (Wildman–Crippen LogP) is 2.44. The lowest BCUT2D eigenvalue weighted by Crippen LogP contribution is -2.32. The standard InChI is InChI=1S/C17H20N2O2/c1-3-13-6-7-15(21-13)16(18-2)12-5-4-11-8-9-19-17(20)14(11)10-12/h4-7,10,16,18H,3,8-9H2,1-2H3,(H,19,20). The van der Waals surface area contributed by atoms with Crippen molar-refractivity contribution in [1.29, 1.82) is 0 Å². The van der Waals surface area contributed by atoms with Gasteiger partial charge in [0.25, 0.3) is 5.91 Å². The second-order valence-corrected chi connectivity index (χ2v) is 5.30. The van der Waals surface area contributed by atoms with Gasteiger partial charge in [0.15, 0.2) is 0 Å². The smallest absolute Gasteiger partial charge is 0.251 e. The third-order valence-electron chi connectivity index (χ3n) is 4.00. The number of carbonyl (C=O) groups is 1. The first-order valence-electron chi connectivity index (χ1n) is 7.39. The molecule has 0 fully saturated rings. The maximum absolute atomic E-state index is 12.0. The number of nitrogens with one attached hydrogen (secondary N) is 2. The van der Waals surface area contributed by atoms with Crippen molar-refractivity contribution in [2.24, 2.45) is 0 Å². The first-order chi connectivity index (χ1) is 10.2. The van der Waals surface area contributed by atoms with Crippen LogP contribution in [-0.4, -0.2) is 19.5 Å². The van der Waals surface area contributed by atoms with Crippen LogP contribution in [0.1, 0.15) is 46.0 Å². The second kappa shape index (κ2) is 5.74. The normalized spacial score (nSPS) is 15.4. The minimum atomic E-state index is -0.0367. The predicted molar refractivity (Wildman–Crippen MR) is 81.5 cm³/mol. The zero-order valence-electron chi connectivity index (χ0n) is 12.4. The second-order valence-electron chi connectivity index (χ2n) is 5.30. The monoisotopic (exact) mass is 284 g/mol. The van der Waals surface area contributed by atoms with E-state index in [1.807, 2.05) is 25.2 Å². The van der Waals surface area contributed by atoms with Gasteiger partial charge in [-0.3, -0.25) is 4.79 Å². The van der Waals surface area contributed by atoms with Gasteiger partial charge in [-0.25, -0.2) is 0 Å². The van der Waals surface area contributed by atoms with Crippen molar-refractivity contribution in [3.63, 3.8) is 0 Å². The molecule has 1 unspecified atom stereocenters. The van der Waals surface area contributed by atoms with Crippen LogP contribution in [0.4, 0.5) is 0 Å². The number of hydrogen-bond acceptors (Lipinski definition) is 3. The Kier molecular flexibility index (Phi) is 3.80. The molecule has 4 heteroatoms. The van der Waals surface area contributed by atoms with E-state index >= 15 is 0 Å². The quantitative estimate of drug-likeness (QED) is 0.906. The fraction of sp³-hybridized carbons (Fsp3) is 0.353. The highest BCUT2D eigenvalue weighted by Gasteiger charge is 2.21. The molecule has 4 nitrogen and oxygen atoms in total. The first kappa shape index (κ1) is 13.9. The summed E-state index contributed by atoms with van der Waals surface area (Å²) in [7, 11) is 1.90. The fourth-order valence-corrected chi connectivity index (χ4v) is 2.82. The summed E-state index contributed by atoms with van der Waals surface area (Å²) in [6.45, 7) is 2.79. The molecule has 2 N–H and O–H groups in total. The fourth-order valence-electron chi connectivity index (χ4n) is 2.82. The lowest BCUT2D eigenvalue weighted by molar-refractivity contribution is 0.0946. The van der Waals surface area contributed by atoms with Crippen LogP contribution in [0, 0.1) is 0 Å². The molecule has 0 spiro atoms. The Morgan fingerprint density at radius 2 is 2.19 bits per heavy atom. The number of benzene rings is 1. The third-order valence-corrected chi connectivity index (χ3v) is 4.00. The highest BCUT2D eigenvalue weighted by atomic mass is 16.3. The van der Waals surface area contributed by atoms with Crippen molar-refractivity contribution in [2.75, 3.05) is 13.6 Å². The van der Waals surface area contributed by atoms with E-state index < -0.39 is 0 Å². The molecule has 1 aromatic carbocycles. The van der Waals surface area contributed by atoms with Crippen LogP contribution in [0.5, 0.6) is 0 Å². The van der Waals surface area contributed by atoms with E-state index in [-0.39, 0.29) is 11.9 Å². The lowest BCUT2D eigenvalue weighted by Gasteiger charge is -2.20. The summed E-state index contributed by atoms with van der Waals surface area (Å²) in [6, 6.07) is 10.1. The van der Waals surface area contributed by atoms with Crippen molar-refractivity contribution in [2.45, 2.75) is 25.8 Å². The molecule has 3 rings (SSSR count). The Morgan fingerprint density at radius 1 is 1.33 bits per heavy atom. The van der Waals surface area contributed by atoms with Crippen LogP contribution in [0.25, 0.3) is 0 Å². The van der Waals surface area contributed by atoms with E-state index in [9.17, 15) is 4.79 Å². The highest BCUT2D eigenvalue weighted by Crippen LogP contribution is 2.26. The number of furan rings is 1. The van der Waals surface area contributed by atoms with Gasteiger partial charge in [-0.1, -0.05) is 19.1 Å². The first-order valence-corrected chi connectivity index (χ1v) is 7.39. The van der Waals surface area contributed by atoms with Gasteiger partial charge in [-0.15, -0.1) is 0 Å². The van der Waals surface area contributed by atoms with Gasteiger partial charge in [0, 0.05) is 18.5 Å². The average Bonchev–Trinajstić information content (AvgIpc) is 2.97. The number of fused-ring (bicyclic) bond motifs is 1.